The van der Waals surface area contributed by atoms with E-state index in [0.29, 0.717) is 10.9 Å². The normalized spacial score (nSPS) is 11.8. The number of carbonyl (C=O) groups is 1. The van der Waals surface area contributed by atoms with Crippen LogP contribution >= 0.6 is 0 Å². The van der Waals surface area contributed by atoms with Crippen molar-refractivity contribution in [3.63, 3.8) is 0 Å². The average molecular weight is 434 g/mol. The number of ether oxygens (including phenoxy) is 1. The summed E-state index contributed by atoms with van der Waals surface area (Å²) < 4.78 is 52.9. The molecule has 30 heavy (non-hydrogen) atoms. The predicted molar refractivity (Wildman–Crippen MR) is 112 cm³/mol. The number of carbonyl (C=O) groups excluding carboxylic acids is 1. The molecular weight excluding hydrogens is 411 g/mol. The van der Waals surface area contributed by atoms with E-state index in [4.69, 9.17) is 9.15 Å². The number of fused-ring (bicyclic) bond motifs is 1. The van der Waals surface area contributed by atoms with Gasteiger partial charge in [0.1, 0.15) is 27.8 Å². The Labute approximate surface area is 174 Å². The zero-order chi connectivity index (χ0) is 22.1. The van der Waals surface area contributed by atoms with Gasteiger partial charge in [0, 0.05) is 30.6 Å². The fourth-order valence-corrected chi connectivity index (χ4v) is 4.25. The van der Waals surface area contributed by atoms with Gasteiger partial charge in [-0.3, -0.25) is 4.79 Å². The van der Waals surface area contributed by atoms with Crippen LogP contribution in [0, 0.1) is 5.82 Å². The monoisotopic (exact) mass is 434 g/mol. The summed E-state index contributed by atoms with van der Waals surface area (Å²) in [7, 11) is -2.39. The Morgan fingerprint density at radius 1 is 1.20 bits per heavy atom. The third-order valence-corrected chi connectivity index (χ3v) is 5.87. The van der Waals surface area contributed by atoms with E-state index in [1.165, 1.54) is 43.4 Å². The van der Waals surface area contributed by atoms with E-state index in [-0.39, 0.29) is 40.2 Å². The molecule has 0 aliphatic carbocycles. The van der Waals surface area contributed by atoms with Crippen molar-refractivity contribution < 1.29 is 26.8 Å². The second-order valence-corrected chi connectivity index (χ2v) is 8.59. The Morgan fingerprint density at radius 3 is 2.43 bits per heavy atom. The van der Waals surface area contributed by atoms with Gasteiger partial charge in [0.25, 0.3) is 5.91 Å². The van der Waals surface area contributed by atoms with Gasteiger partial charge >= 0.3 is 0 Å². The van der Waals surface area contributed by atoms with Gasteiger partial charge in [-0.1, -0.05) is 6.92 Å². The molecule has 0 unspecified atom stereocenters. The highest BCUT2D eigenvalue weighted by atomic mass is 32.2. The van der Waals surface area contributed by atoms with Gasteiger partial charge < -0.3 is 14.5 Å². The first-order chi connectivity index (χ1) is 14.2. The maximum atomic E-state index is 13.4. The summed E-state index contributed by atoms with van der Waals surface area (Å²) in [5, 5.41) is 2.95. The van der Waals surface area contributed by atoms with E-state index in [1.807, 2.05) is 0 Å². The van der Waals surface area contributed by atoms with Gasteiger partial charge in [-0.2, -0.15) is 0 Å². The van der Waals surface area contributed by atoms with Crippen molar-refractivity contribution >= 4 is 26.9 Å². The van der Waals surface area contributed by atoms with Gasteiger partial charge in [0.15, 0.2) is 0 Å². The number of furan rings is 1. The van der Waals surface area contributed by atoms with E-state index in [9.17, 15) is 17.6 Å². The molecule has 0 saturated heterocycles. The summed E-state index contributed by atoms with van der Waals surface area (Å²) in [6.45, 7) is 5.41. The van der Waals surface area contributed by atoms with Crippen molar-refractivity contribution in [1.29, 1.82) is 0 Å². The van der Waals surface area contributed by atoms with Crippen molar-refractivity contribution in [1.82, 2.24) is 10.0 Å². The highest BCUT2D eigenvalue weighted by Gasteiger charge is 2.27. The number of hydrogen-bond donors (Lipinski definition) is 2. The molecule has 7 nitrogen and oxygen atoms in total. The second-order valence-electron chi connectivity index (χ2n) is 6.86. The number of rotatable bonds is 7. The number of amides is 1. The number of nitrogens with one attached hydrogen (secondary N) is 2. The first kappa shape index (κ1) is 21.8. The van der Waals surface area contributed by atoms with E-state index < -0.39 is 21.7 Å². The Hall–Kier alpha value is -2.91. The zero-order valence-electron chi connectivity index (χ0n) is 17.1. The largest absolute Gasteiger partial charge is 0.490 e. The topological polar surface area (TPSA) is 97.6 Å². The maximum absolute atomic E-state index is 13.4. The first-order valence-corrected chi connectivity index (χ1v) is 10.9. The Balaban J connectivity index is 2.35. The molecule has 0 aliphatic rings. The van der Waals surface area contributed by atoms with Gasteiger partial charge in [-0.05, 0) is 44.2 Å². The molecule has 0 radical (unpaired) electrons. The van der Waals surface area contributed by atoms with Crippen LogP contribution in [0.3, 0.4) is 0 Å². The summed E-state index contributed by atoms with van der Waals surface area (Å²) in [5.74, 6) is -0.540. The molecule has 3 aromatic rings. The fraction of sp³-hybridized carbons (Fsp3) is 0.286. The number of halogens is 1. The summed E-state index contributed by atoms with van der Waals surface area (Å²) >= 11 is 0. The first-order valence-electron chi connectivity index (χ1n) is 9.42. The molecule has 0 saturated carbocycles. The molecule has 3 rings (SSSR count). The van der Waals surface area contributed by atoms with Crippen LogP contribution in [0.4, 0.5) is 4.39 Å². The average Bonchev–Trinajstić information content (AvgIpc) is 3.05. The van der Waals surface area contributed by atoms with Crippen LogP contribution < -0.4 is 14.8 Å². The van der Waals surface area contributed by atoms with Crippen molar-refractivity contribution in [3.05, 3.63) is 47.8 Å². The molecule has 2 N–H and O–H groups in total. The van der Waals surface area contributed by atoms with Crippen LogP contribution in [-0.4, -0.2) is 34.0 Å². The molecule has 9 heteroatoms. The predicted octanol–water partition coefficient (Wildman–Crippen LogP) is 3.68. The lowest BCUT2D eigenvalue weighted by atomic mass is 10.0. The molecule has 0 bridgehead atoms. The van der Waals surface area contributed by atoms with Gasteiger partial charge in [-0.15, -0.1) is 0 Å². The molecule has 1 amide bonds. The number of benzene rings is 2. The SMILES string of the molecule is CCNS(=O)(=O)c1cc2oc(-c3ccc(F)cc3)c(C(=O)NC)c2cc1OC(C)C. The Morgan fingerprint density at radius 2 is 1.87 bits per heavy atom. The molecule has 160 valence electrons. The van der Waals surface area contributed by atoms with Crippen molar-refractivity contribution in [2.45, 2.75) is 31.8 Å². The van der Waals surface area contributed by atoms with Crippen LogP contribution in [0.5, 0.6) is 5.75 Å². The molecule has 1 heterocycles. The summed E-state index contributed by atoms with van der Waals surface area (Å²) in [6, 6.07) is 8.31. The van der Waals surface area contributed by atoms with E-state index in [1.54, 1.807) is 20.8 Å². The summed E-state index contributed by atoms with van der Waals surface area (Å²) in [6.07, 6.45) is -0.301. The van der Waals surface area contributed by atoms with E-state index >= 15 is 0 Å². The summed E-state index contributed by atoms with van der Waals surface area (Å²) in [5.41, 5.74) is 0.884. The van der Waals surface area contributed by atoms with Gasteiger partial charge in [0.2, 0.25) is 10.0 Å². The lowest BCUT2D eigenvalue weighted by molar-refractivity contribution is 0.0964. The van der Waals surface area contributed by atoms with Crippen molar-refractivity contribution in [2.75, 3.05) is 13.6 Å². The van der Waals surface area contributed by atoms with Gasteiger partial charge in [-0.25, -0.2) is 17.5 Å². The minimum absolute atomic E-state index is 0.0894. The maximum Gasteiger partial charge on any atom is 0.255 e. The molecular formula is C21H23FN2O5S. The Kier molecular flexibility index (Phi) is 6.14. The van der Waals surface area contributed by atoms with Crippen LogP contribution in [0.15, 0.2) is 45.7 Å². The van der Waals surface area contributed by atoms with Crippen molar-refractivity contribution in [2.24, 2.45) is 0 Å². The fourth-order valence-electron chi connectivity index (χ4n) is 3.08. The third kappa shape index (κ3) is 4.17. The van der Waals surface area contributed by atoms with Crippen LogP contribution in [0.1, 0.15) is 31.1 Å². The zero-order valence-corrected chi connectivity index (χ0v) is 17.9. The van der Waals surface area contributed by atoms with Gasteiger partial charge in [0.05, 0.1) is 11.7 Å². The lowest BCUT2D eigenvalue weighted by Gasteiger charge is -2.15. The minimum Gasteiger partial charge on any atom is -0.490 e. The molecule has 0 aliphatic heterocycles. The molecule has 1 aromatic heterocycles. The van der Waals surface area contributed by atoms with Crippen molar-refractivity contribution in [3.8, 4) is 17.1 Å². The second kappa shape index (κ2) is 8.45. The van der Waals surface area contributed by atoms with Crippen LogP contribution in [0.2, 0.25) is 0 Å². The minimum atomic E-state index is -3.86. The van der Waals surface area contributed by atoms with Crippen LogP contribution in [0.25, 0.3) is 22.3 Å². The lowest BCUT2D eigenvalue weighted by Crippen LogP contribution is -2.24. The van der Waals surface area contributed by atoms with E-state index in [2.05, 4.69) is 10.0 Å². The van der Waals surface area contributed by atoms with E-state index in [0.717, 1.165) is 0 Å². The highest BCUT2D eigenvalue weighted by Crippen LogP contribution is 2.39. The highest BCUT2D eigenvalue weighted by molar-refractivity contribution is 7.89. The molecule has 0 spiro atoms. The molecule has 2 aromatic carbocycles. The smallest absolute Gasteiger partial charge is 0.255 e. The quantitative estimate of drug-likeness (QED) is 0.591. The summed E-state index contributed by atoms with van der Waals surface area (Å²) in [4.78, 5) is 12.6. The molecule has 0 fully saturated rings. The molecule has 0 atom stereocenters. The Bertz CT molecular complexity index is 1180. The standard InChI is InChI=1S/C21H23FN2O5S/c1-5-24-30(26,27)18-11-16-15(10-17(18)28-12(2)3)19(21(25)23-4)20(29-16)13-6-8-14(22)9-7-13/h6-12,24H,5H2,1-4H3,(H,23,25). The number of sulfonamides is 1. The third-order valence-electron chi connectivity index (χ3n) is 4.30. The van der Waals surface area contributed by atoms with Crippen LogP contribution in [-0.2, 0) is 10.0 Å². The number of hydrogen-bond acceptors (Lipinski definition) is 5.